The van der Waals surface area contributed by atoms with Crippen molar-refractivity contribution in [3.05, 3.63) is 23.3 Å². The van der Waals surface area contributed by atoms with Gasteiger partial charge in [0.2, 0.25) is 11.8 Å². The second kappa shape index (κ2) is 6.75. The molecule has 1 atom stereocenters. The smallest absolute Gasteiger partial charge is 0.323 e. The number of hydrogen-bond acceptors (Lipinski definition) is 6. The van der Waals surface area contributed by atoms with Gasteiger partial charge in [-0.25, -0.2) is 0 Å². The largest absolute Gasteiger partial charge is 0.495 e. The summed E-state index contributed by atoms with van der Waals surface area (Å²) in [6, 6.07) is 3.45. The molecule has 1 aromatic carbocycles. The summed E-state index contributed by atoms with van der Waals surface area (Å²) in [5, 5.41) is 10.5. The van der Waals surface area contributed by atoms with Crippen LogP contribution in [0.3, 0.4) is 0 Å². The van der Waals surface area contributed by atoms with Gasteiger partial charge in [-0.15, -0.1) is 0 Å². The summed E-state index contributed by atoms with van der Waals surface area (Å²) in [5.41, 5.74) is 2.03. The highest BCUT2D eigenvalue weighted by Crippen LogP contribution is 2.40. The molecule has 0 aliphatic carbocycles. The quantitative estimate of drug-likeness (QED) is 0.800. The molecule has 1 saturated heterocycles. The minimum Gasteiger partial charge on any atom is -0.495 e. The number of carbonyl (C=O) groups is 4. The molecule has 25 heavy (non-hydrogen) atoms. The fourth-order valence-electron chi connectivity index (χ4n) is 3.11. The van der Waals surface area contributed by atoms with Gasteiger partial charge >= 0.3 is 5.97 Å². The van der Waals surface area contributed by atoms with Crippen molar-refractivity contribution in [3.63, 3.8) is 0 Å². The lowest BCUT2D eigenvalue weighted by Gasteiger charge is -2.31. The predicted octanol–water partition coefficient (Wildman–Crippen LogP) is 0.953. The van der Waals surface area contributed by atoms with Gasteiger partial charge in [0.15, 0.2) is 0 Å². The second-order valence-electron chi connectivity index (χ2n) is 5.72. The zero-order valence-corrected chi connectivity index (χ0v) is 14.2. The number of hydrogen-bond donors (Lipinski definition) is 2. The molecule has 0 spiro atoms. The third-order valence-electron chi connectivity index (χ3n) is 4.19. The number of rotatable bonds is 5. The summed E-state index contributed by atoms with van der Waals surface area (Å²) in [7, 11) is 1.45. The van der Waals surface area contributed by atoms with E-state index in [1.54, 1.807) is 12.1 Å². The zero-order valence-electron chi connectivity index (χ0n) is 13.4. The minimum atomic E-state index is -1.12. The van der Waals surface area contributed by atoms with Gasteiger partial charge in [-0.3, -0.25) is 29.4 Å². The van der Waals surface area contributed by atoms with Crippen molar-refractivity contribution in [2.75, 3.05) is 18.6 Å². The van der Waals surface area contributed by atoms with E-state index in [4.69, 9.17) is 9.84 Å². The van der Waals surface area contributed by atoms with Gasteiger partial charge in [-0.2, -0.15) is 0 Å². The number of aliphatic carboxylic acids is 1. The van der Waals surface area contributed by atoms with Crippen LogP contribution in [0.25, 0.3) is 0 Å². The molecule has 0 aromatic heterocycles. The zero-order chi connectivity index (χ0) is 18.1. The second-order valence-corrected chi connectivity index (χ2v) is 6.89. The average molecular weight is 364 g/mol. The number of ether oxygens (including phenoxy) is 1. The van der Waals surface area contributed by atoms with E-state index in [0.29, 0.717) is 24.3 Å². The molecular weight excluding hydrogens is 348 g/mol. The van der Waals surface area contributed by atoms with Crippen molar-refractivity contribution >= 4 is 40.5 Å². The van der Waals surface area contributed by atoms with Gasteiger partial charge in [-0.1, -0.05) is 17.8 Å². The number of anilines is 1. The summed E-state index contributed by atoms with van der Waals surface area (Å²) in [4.78, 5) is 47.7. The maximum absolute atomic E-state index is 12.2. The van der Waals surface area contributed by atoms with Crippen molar-refractivity contribution in [2.24, 2.45) is 0 Å². The van der Waals surface area contributed by atoms with E-state index in [-0.39, 0.29) is 23.5 Å². The van der Waals surface area contributed by atoms with Gasteiger partial charge in [0.25, 0.3) is 5.24 Å². The number of imide groups is 1. The van der Waals surface area contributed by atoms with E-state index in [2.05, 4.69) is 5.32 Å². The molecular formula is C16H16N2O6S. The molecule has 9 heteroatoms. The van der Waals surface area contributed by atoms with Crippen molar-refractivity contribution in [1.82, 2.24) is 5.32 Å². The summed E-state index contributed by atoms with van der Waals surface area (Å²) in [6.45, 7) is -0.456. The highest BCUT2D eigenvalue weighted by molar-refractivity contribution is 8.15. The van der Waals surface area contributed by atoms with Crippen molar-refractivity contribution < 1.29 is 29.0 Å². The lowest BCUT2D eigenvalue weighted by Crippen LogP contribution is -2.39. The van der Waals surface area contributed by atoms with Crippen LogP contribution in [0.15, 0.2) is 12.1 Å². The van der Waals surface area contributed by atoms with Gasteiger partial charge in [0.1, 0.15) is 12.3 Å². The first kappa shape index (κ1) is 17.3. The molecule has 2 aliphatic heterocycles. The predicted molar refractivity (Wildman–Crippen MR) is 89.9 cm³/mol. The Balaban J connectivity index is 2.01. The monoisotopic (exact) mass is 364 g/mol. The number of nitrogens with zero attached hydrogens (tertiary/aromatic N) is 1. The molecule has 2 aliphatic rings. The van der Waals surface area contributed by atoms with Crippen LogP contribution < -0.4 is 15.0 Å². The maximum Gasteiger partial charge on any atom is 0.323 e. The lowest BCUT2D eigenvalue weighted by molar-refractivity contribution is -0.136. The number of nitrogens with one attached hydrogen (secondary N) is 1. The first-order chi connectivity index (χ1) is 11.9. The van der Waals surface area contributed by atoms with E-state index in [1.807, 2.05) is 0 Å². The van der Waals surface area contributed by atoms with Gasteiger partial charge in [0, 0.05) is 6.42 Å². The Morgan fingerprint density at radius 1 is 1.36 bits per heavy atom. The fourth-order valence-corrected chi connectivity index (χ4v) is 3.96. The molecule has 0 saturated carbocycles. The summed E-state index contributed by atoms with van der Waals surface area (Å²) in [6.07, 6.45) is 0.941. The van der Waals surface area contributed by atoms with E-state index < -0.39 is 17.8 Å². The van der Waals surface area contributed by atoms with Crippen LogP contribution in [-0.2, 0) is 27.2 Å². The molecule has 132 valence electrons. The summed E-state index contributed by atoms with van der Waals surface area (Å²) < 4.78 is 5.31. The van der Waals surface area contributed by atoms with E-state index in [9.17, 15) is 19.2 Å². The average Bonchev–Trinajstić information content (AvgIpc) is 2.87. The number of carbonyl (C=O) groups excluding carboxylic acids is 3. The first-order valence-corrected chi connectivity index (χ1v) is 8.51. The fraction of sp³-hybridized carbons (Fsp3) is 0.375. The number of amides is 3. The number of benzene rings is 1. The molecule has 2 heterocycles. The van der Waals surface area contributed by atoms with Crippen LogP contribution in [0.5, 0.6) is 5.75 Å². The Kier molecular flexibility index (Phi) is 4.67. The summed E-state index contributed by atoms with van der Waals surface area (Å²) >= 11 is 0.936. The normalized spacial score (nSPS) is 19.6. The first-order valence-electron chi connectivity index (χ1n) is 7.63. The Hall–Kier alpha value is -2.55. The number of carboxylic acid groups (broad SMARTS) is 1. The molecule has 1 unspecified atom stereocenters. The topological polar surface area (TPSA) is 113 Å². The van der Waals surface area contributed by atoms with Crippen molar-refractivity contribution in [1.29, 1.82) is 0 Å². The van der Waals surface area contributed by atoms with Crippen LogP contribution in [0, 0.1) is 0 Å². The molecule has 1 aromatic rings. The van der Waals surface area contributed by atoms with Gasteiger partial charge in [0.05, 0.1) is 18.0 Å². The van der Waals surface area contributed by atoms with Crippen molar-refractivity contribution in [2.45, 2.75) is 24.5 Å². The Morgan fingerprint density at radius 2 is 2.12 bits per heavy atom. The van der Waals surface area contributed by atoms with Gasteiger partial charge in [-0.05, 0) is 30.0 Å². The van der Waals surface area contributed by atoms with E-state index >= 15 is 0 Å². The van der Waals surface area contributed by atoms with Crippen LogP contribution in [0.1, 0.15) is 17.5 Å². The van der Waals surface area contributed by atoms with Crippen LogP contribution in [-0.4, -0.2) is 47.0 Å². The van der Waals surface area contributed by atoms with Crippen LogP contribution in [0.2, 0.25) is 0 Å². The van der Waals surface area contributed by atoms with Crippen LogP contribution >= 0.6 is 11.8 Å². The minimum absolute atomic E-state index is 0.184. The lowest BCUT2D eigenvalue weighted by atomic mass is 9.92. The SMILES string of the molecule is COc1ccc(CC2SC(=O)NC2=O)c2c1N(CC(=O)O)C(=O)CC2. The Labute approximate surface area is 147 Å². The number of carboxylic acids is 1. The molecule has 8 nitrogen and oxygen atoms in total. The highest BCUT2D eigenvalue weighted by atomic mass is 32.2. The molecule has 0 radical (unpaired) electrons. The number of methoxy groups -OCH3 is 1. The van der Waals surface area contributed by atoms with Crippen molar-refractivity contribution in [3.8, 4) is 5.75 Å². The molecule has 3 rings (SSSR count). The van der Waals surface area contributed by atoms with Gasteiger partial charge < -0.3 is 9.84 Å². The molecule has 0 bridgehead atoms. The maximum atomic E-state index is 12.2. The van der Waals surface area contributed by atoms with E-state index in [1.165, 1.54) is 12.0 Å². The molecule has 1 fully saturated rings. The molecule has 2 N–H and O–H groups in total. The molecule has 3 amide bonds. The Bertz CT molecular complexity index is 778. The highest BCUT2D eigenvalue weighted by Gasteiger charge is 2.35. The Morgan fingerprint density at radius 3 is 2.72 bits per heavy atom. The summed E-state index contributed by atoms with van der Waals surface area (Å²) in [5.74, 6) is -1.33. The van der Waals surface area contributed by atoms with E-state index in [0.717, 1.165) is 22.9 Å². The standard InChI is InChI=1S/C16H16N2O6S/c1-24-10-4-2-8(6-11-15(22)17-16(23)25-11)9-3-5-12(19)18(14(9)10)7-13(20)21/h2,4,11H,3,5-7H2,1H3,(H,20,21)(H,17,22,23). The third-order valence-corrected chi connectivity index (χ3v) is 5.17. The number of fused-ring (bicyclic) bond motifs is 1. The third kappa shape index (κ3) is 3.32. The number of thioether (sulfide) groups is 1. The van der Waals surface area contributed by atoms with Crippen LogP contribution in [0.4, 0.5) is 10.5 Å².